The molecule has 0 aromatic rings. The van der Waals surface area contributed by atoms with Crippen molar-refractivity contribution in [2.75, 3.05) is 27.2 Å². The van der Waals surface area contributed by atoms with Gasteiger partial charge in [0.1, 0.15) is 0 Å². The maximum absolute atomic E-state index is 8.20. The minimum atomic E-state index is 0. The molecule has 0 amide bonds. The molecule has 0 saturated carbocycles. The van der Waals surface area contributed by atoms with Crippen molar-refractivity contribution in [2.45, 2.75) is 0 Å². The van der Waals surface area contributed by atoms with E-state index in [0.29, 0.717) is 0 Å². The Labute approximate surface area is 66.8 Å². The summed E-state index contributed by atoms with van der Waals surface area (Å²) in [5, 5.41) is 8.20. The van der Waals surface area contributed by atoms with Gasteiger partial charge in [0.25, 0.3) is 0 Å². The minimum Gasteiger partial charge on any atom is -0.395 e. The van der Waals surface area contributed by atoms with Crippen molar-refractivity contribution in [3.8, 4) is 0 Å². The smallest absolute Gasteiger partial charge is 0.0558 e. The number of hydrogen-bond donors (Lipinski definition) is 1. The number of aliphatic hydroxyl groups is 1. The van der Waals surface area contributed by atoms with Crippen molar-refractivity contribution < 1.29 is 5.11 Å². The minimum absolute atomic E-state index is 0. The van der Waals surface area contributed by atoms with Crippen molar-refractivity contribution in [3.05, 3.63) is 0 Å². The fourth-order valence-electron chi connectivity index (χ4n) is 0.200. The summed E-state index contributed by atoms with van der Waals surface area (Å²) in [6.07, 6.45) is 0. The van der Waals surface area contributed by atoms with Gasteiger partial charge in [0.05, 0.1) is 6.61 Å². The van der Waals surface area contributed by atoms with E-state index in [4.69, 9.17) is 5.11 Å². The van der Waals surface area contributed by atoms with Gasteiger partial charge in [-0.2, -0.15) is 0 Å². The normalized spacial score (nSPS) is 8.57. The van der Waals surface area contributed by atoms with Crippen LogP contribution >= 0.6 is 0 Å². The zero-order valence-corrected chi connectivity index (χ0v) is 7.31. The summed E-state index contributed by atoms with van der Waals surface area (Å²) in [5.74, 6) is 0. The first-order valence-electron chi connectivity index (χ1n) is 2.03. The maximum Gasteiger partial charge on any atom is 0.0558 e. The quantitative estimate of drug-likeness (QED) is 0.471. The standard InChI is InChI=1S/C4H11NO.Na/c1-5(2)3-4-6;/h6H,3-4H2,1-2H3;. The fraction of sp³-hybridized carbons (Fsp3) is 1.00. The van der Waals surface area contributed by atoms with Crippen LogP contribution < -0.4 is 0 Å². The second-order valence-corrected chi connectivity index (χ2v) is 1.53. The van der Waals surface area contributed by atoms with E-state index in [-0.39, 0.29) is 36.2 Å². The van der Waals surface area contributed by atoms with Gasteiger partial charge in [-0.05, 0) is 14.1 Å². The predicted octanol–water partition coefficient (Wildman–Crippen LogP) is -0.841. The van der Waals surface area contributed by atoms with Crippen molar-refractivity contribution in [1.82, 2.24) is 4.90 Å². The third-order valence-corrected chi connectivity index (χ3v) is 0.547. The van der Waals surface area contributed by atoms with Crippen LogP contribution in [0.4, 0.5) is 0 Å². The van der Waals surface area contributed by atoms with Crippen LogP contribution in [0.3, 0.4) is 0 Å². The van der Waals surface area contributed by atoms with Crippen LogP contribution in [0.5, 0.6) is 0 Å². The van der Waals surface area contributed by atoms with Crippen molar-refractivity contribution in [1.29, 1.82) is 0 Å². The zero-order chi connectivity index (χ0) is 4.99. The molecule has 0 aromatic heterocycles. The molecule has 0 aromatic carbocycles. The first-order valence-corrected chi connectivity index (χ1v) is 2.03. The average Bonchev–Trinajstić information content (AvgIpc) is 1.35. The Morgan fingerprint density at radius 2 is 1.86 bits per heavy atom. The van der Waals surface area contributed by atoms with Crippen LogP contribution in [0, 0.1) is 0 Å². The second-order valence-electron chi connectivity index (χ2n) is 1.53. The molecule has 0 unspecified atom stereocenters. The van der Waals surface area contributed by atoms with Crippen molar-refractivity contribution in [2.24, 2.45) is 0 Å². The van der Waals surface area contributed by atoms with Crippen LogP contribution in [0.25, 0.3) is 0 Å². The van der Waals surface area contributed by atoms with Gasteiger partial charge >= 0.3 is 0 Å². The van der Waals surface area contributed by atoms with Crippen LogP contribution in [0.1, 0.15) is 0 Å². The summed E-state index contributed by atoms with van der Waals surface area (Å²) in [7, 11) is 3.85. The monoisotopic (exact) mass is 112 g/mol. The van der Waals surface area contributed by atoms with Crippen molar-refractivity contribution in [3.63, 3.8) is 0 Å². The summed E-state index contributed by atoms with van der Waals surface area (Å²) in [5.41, 5.74) is 0. The summed E-state index contributed by atoms with van der Waals surface area (Å²) in [6, 6.07) is 0. The topological polar surface area (TPSA) is 23.5 Å². The number of hydrogen-bond acceptors (Lipinski definition) is 2. The number of likely N-dealkylation sites (N-methyl/N-ethyl adjacent to an activating group) is 1. The Kier molecular flexibility index (Phi) is 10.7. The summed E-state index contributed by atoms with van der Waals surface area (Å²) in [4.78, 5) is 1.93. The molecule has 0 aliphatic rings. The molecule has 0 fully saturated rings. The Balaban J connectivity index is 0. The SMILES string of the molecule is CN(C)CCO.[Na]. The Morgan fingerprint density at radius 3 is 1.86 bits per heavy atom. The van der Waals surface area contributed by atoms with E-state index >= 15 is 0 Å². The van der Waals surface area contributed by atoms with Crippen LogP contribution in [0.2, 0.25) is 0 Å². The number of aliphatic hydroxyl groups excluding tert-OH is 1. The molecule has 7 heavy (non-hydrogen) atoms. The van der Waals surface area contributed by atoms with E-state index < -0.39 is 0 Å². The van der Waals surface area contributed by atoms with E-state index in [2.05, 4.69) is 0 Å². The van der Waals surface area contributed by atoms with Gasteiger partial charge in [-0.1, -0.05) is 0 Å². The van der Waals surface area contributed by atoms with Crippen LogP contribution in [-0.2, 0) is 0 Å². The first-order chi connectivity index (χ1) is 2.77. The summed E-state index contributed by atoms with van der Waals surface area (Å²) >= 11 is 0. The van der Waals surface area contributed by atoms with Crippen LogP contribution in [0.15, 0.2) is 0 Å². The molecule has 39 valence electrons. The number of nitrogens with zero attached hydrogens (tertiary/aromatic N) is 1. The predicted molar refractivity (Wildman–Crippen MR) is 31.4 cm³/mol. The van der Waals surface area contributed by atoms with Gasteiger partial charge in [-0.3, -0.25) is 0 Å². The molecule has 0 spiro atoms. The zero-order valence-electron chi connectivity index (χ0n) is 5.31. The Morgan fingerprint density at radius 1 is 1.43 bits per heavy atom. The largest absolute Gasteiger partial charge is 0.395 e. The number of rotatable bonds is 2. The molecule has 1 radical (unpaired) electrons. The molecular weight excluding hydrogens is 101 g/mol. The third-order valence-electron chi connectivity index (χ3n) is 0.547. The fourth-order valence-corrected chi connectivity index (χ4v) is 0.200. The molecule has 2 nitrogen and oxygen atoms in total. The average molecular weight is 112 g/mol. The molecule has 0 rings (SSSR count). The Bertz CT molecular complexity index is 32.9. The maximum atomic E-state index is 8.20. The van der Waals surface area contributed by atoms with Crippen LogP contribution in [-0.4, -0.2) is 66.8 Å². The molecule has 3 heteroatoms. The molecule has 0 aliphatic heterocycles. The summed E-state index contributed by atoms with van der Waals surface area (Å²) in [6.45, 7) is 1.02. The molecule has 0 bridgehead atoms. The van der Waals surface area contributed by atoms with E-state index in [1.807, 2.05) is 19.0 Å². The van der Waals surface area contributed by atoms with E-state index in [1.54, 1.807) is 0 Å². The molecule has 0 atom stereocenters. The van der Waals surface area contributed by atoms with E-state index in [0.717, 1.165) is 6.54 Å². The second kappa shape index (κ2) is 6.92. The van der Waals surface area contributed by atoms with Gasteiger partial charge in [0, 0.05) is 36.1 Å². The molecule has 1 N–H and O–H groups in total. The Hall–Kier alpha value is 0.920. The third kappa shape index (κ3) is 10.9. The van der Waals surface area contributed by atoms with E-state index in [9.17, 15) is 0 Å². The van der Waals surface area contributed by atoms with Gasteiger partial charge < -0.3 is 10.0 Å². The van der Waals surface area contributed by atoms with E-state index in [1.165, 1.54) is 0 Å². The molecular formula is C4H11NNaO. The van der Waals surface area contributed by atoms with Gasteiger partial charge in [-0.25, -0.2) is 0 Å². The summed E-state index contributed by atoms with van der Waals surface area (Å²) < 4.78 is 0. The first kappa shape index (κ1) is 10.8. The van der Waals surface area contributed by atoms with Gasteiger partial charge in [-0.15, -0.1) is 0 Å². The van der Waals surface area contributed by atoms with Gasteiger partial charge in [0.15, 0.2) is 0 Å². The van der Waals surface area contributed by atoms with Crippen molar-refractivity contribution >= 4 is 29.6 Å². The molecule has 0 aliphatic carbocycles. The van der Waals surface area contributed by atoms with Gasteiger partial charge in [0.2, 0.25) is 0 Å². The molecule has 0 heterocycles. The molecule has 0 saturated heterocycles.